The van der Waals surface area contributed by atoms with E-state index in [9.17, 15) is 9.59 Å². The molecule has 0 spiro atoms. The molecule has 1 aliphatic rings. The zero-order chi connectivity index (χ0) is 16.8. The normalized spacial score (nSPS) is 14.2. The number of hydrogen-bond acceptors (Lipinski definition) is 4. The van der Waals surface area contributed by atoms with E-state index in [1.165, 1.54) is 5.01 Å². The van der Waals surface area contributed by atoms with Crippen LogP contribution < -0.4 is 5.32 Å². The quantitative estimate of drug-likeness (QED) is 0.911. The van der Waals surface area contributed by atoms with Crippen LogP contribution in [-0.4, -0.2) is 34.1 Å². The van der Waals surface area contributed by atoms with Gasteiger partial charge in [-0.2, -0.15) is 5.10 Å². The summed E-state index contributed by atoms with van der Waals surface area (Å²) in [6, 6.07) is 15.2. The first kappa shape index (κ1) is 15.9. The Balaban J connectivity index is 1.62. The fourth-order valence-corrected chi connectivity index (χ4v) is 2.45. The van der Waals surface area contributed by atoms with Gasteiger partial charge in [-0.15, -0.1) is 0 Å². The zero-order valence-electron chi connectivity index (χ0n) is 13.2. The molecule has 0 saturated carbocycles. The largest absolute Gasteiger partial charge is 0.349 e. The summed E-state index contributed by atoms with van der Waals surface area (Å²) in [5.74, 6) is -0.394. The van der Waals surface area contributed by atoms with Crippen molar-refractivity contribution in [3.8, 4) is 0 Å². The molecule has 1 N–H and O–H groups in total. The van der Waals surface area contributed by atoms with Crippen LogP contribution >= 0.6 is 0 Å². The van der Waals surface area contributed by atoms with Crippen molar-refractivity contribution in [2.24, 2.45) is 5.10 Å². The van der Waals surface area contributed by atoms with Crippen molar-refractivity contribution in [3.05, 3.63) is 66.0 Å². The predicted octanol–water partition coefficient (Wildman–Crippen LogP) is 1.72. The molecular formula is C18H18N4O2. The smallest absolute Gasteiger partial charge is 0.243 e. The first-order chi connectivity index (χ1) is 11.7. The molecule has 1 aromatic heterocycles. The minimum atomic E-state index is -0.257. The minimum absolute atomic E-state index is 0.0813. The highest BCUT2D eigenvalue weighted by molar-refractivity contribution is 6.04. The Labute approximate surface area is 140 Å². The number of benzene rings is 1. The zero-order valence-corrected chi connectivity index (χ0v) is 13.2. The van der Waals surface area contributed by atoms with Crippen molar-refractivity contribution in [1.82, 2.24) is 15.3 Å². The third-order valence-electron chi connectivity index (χ3n) is 3.70. The predicted molar refractivity (Wildman–Crippen MR) is 90.0 cm³/mol. The summed E-state index contributed by atoms with van der Waals surface area (Å²) in [5, 5.41) is 8.36. The summed E-state index contributed by atoms with van der Waals surface area (Å²) < 4.78 is 0. The van der Waals surface area contributed by atoms with Gasteiger partial charge in [0.1, 0.15) is 6.54 Å². The van der Waals surface area contributed by atoms with E-state index in [0.717, 1.165) is 17.0 Å². The molecule has 0 radical (unpaired) electrons. The van der Waals surface area contributed by atoms with Gasteiger partial charge in [0, 0.05) is 19.0 Å². The summed E-state index contributed by atoms with van der Waals surface area (Å²) in [6.07, 6.45) is 2.63. The molecule has 1 aromatic carbocycles. The third-order valence-corrected chi connectivity index (χ3v) is 3.70. The number of hydrazone groups is 1. The van der Waals surface area contributed by atoms with Crippen LogP contribution in [0.1, 0.15) is 24.1 Å². The number of carbonyl (C=O) groups is 2. The van der Waals surface area contributed by atoms with Crippen LogP contribution in [0.25, 0.3) is 0 Å². The second-order valence-corrected chi connectivity index (χ2v) is 5.46. The number of pyridine rings is 1. The maximum Gasteiger partial charge on any atom is 0.243 e. The highest BCUT2D eigenvalue weighted by Crippen LogP contribution is 2.14. The number of aromatic nitrogens is 1. The number of carbonyl (C=O) groups excluding carboxylic acids is 2. The number of nitrogens with one attached hydrogen (secondary N) is 1. The van der Waals surface area contributed by atoms with E-state index in [1.54, 1.807) is 6.20 Å². The van der Waals surface area contributed by atoms with Gasteiger partial charge in [0.25, 0.3) is 0 Å². The summed E-state index contributed by atoms with van der Waals surface area (Å²) >= 11 is 0. The SMILES string of the molecule is O=C(CN1N=C(c2ccccc2)CCC1=O)NCc1ccccn1. The van der Waals surface area contributed by atoms with Gasteiger partial charge < -0.3 is 5.32 Å². The number of rotatable bonds is 5. The molecule has 0 fully saturated rings. The number of amides is 2. The molecule has 0 unspecified atom stereocenters. The number of hydrogen-bond donors (Lipinski definition) is 1. The van der Waals surface area contributed by atoms with Crippen LogP contribution in [0.3, 0.4) is 0 Å². The second kappa shape index (κ2) is 7.50. The lowest BCUT2D eigenvalue weighted by Gasteiger charge is -2.23. The Hall–Kier alpha value is -3.02. The molecular weight excluding hydrogens is 304 g/mol. The summed E-state index contributed by atoms with van der Waals surface area (Å²) in [4.78, 5) is 28.2. The summed E-state index contributed by atoms with van der Waals surface area (Å²) in [6.45, 7) is 0.249. The van der Waals surface area contributed by atoms with E-state index in [4.69, 9.17) is 0 Å². The average molecular weight is 322 g/mol. The van der Waals surface area contributed by atoms with Gasteiger partial charge in [-0.05, 0) is 17.7 Å². The Morgan fingerprint density at radius 1 is 1.08 bits per heavy atom. The van der Waals surface area contributed by atoms with Crippen molar-refractivity contribution in [2.75, 3.05) is 6.54 Å². The van der Waals surface area contributed by atoms with E-state index < -0.39 is 0 Å². The Morgan fingerprint density at radius 2 is 1.88 bits per heavy atom. The van der Waals surface area contributed by atoms with E-state index in [1.807, 2.05) is 48.5 Å². The first-order valence-corrected chi connectivity index (χ1v) is 7.82. The highest BCUT2D eigenvalue weighted by atomic mass is 16.2. The van der Waals surface area contributed by atoms with Crippen LogP contribution in [-0.2, 0) is 16.1 Å². The average Bonchev–Trinajstić information content (AvgIpc) is 2.63. The molecule has 6 heteroatoms. The van der Waals surface area contributed by atoms with E-state index in [-0.39, 0.29) is 18.4 Å². The van der Waals surface area contributed by atoms with Crippen molar-refractivity contribution < 1.29 is 9.59 Å². The minimum Gasteiger partial charge on any atom is -0.349 e. The lowest BCUT2D eigenvalue weighted by atomic mass is 10.0. The number of nitrogens with zero attached hydrogens (tertiary/aromatic N) is 3. The fourth-order valence-electron chi connectivity index (χ4n) is 2.45. The van der Waals surface area contributed by atoms with Gasteiger partial charge in [-0.3, -0.25) is 14.6 Å². The van der Waals surface area contributed by atoms with Gasteiger partial charge in [0.15, 0.2) is 0 Å². The van der Waals surface area contributed by atoms with Crippen molar-refractivity contribution in [3.63, 3.8) is 0 Å². The van der Waals surface area contributed by atoms with Gasteiger partial charge in [-0.1, -0.05) is 36.4 Å². The van der Waals surface area contributed by atoms with Crippen molar-refractivity contribution in [1.29, 1.82) is 0 Å². The Kier molecular flexibility index (Phi) is 4.96. The van der Waals surface area contributed by atoms with Crippen LogP contribution in [0.5, 0.6) is 0 Å². The molecule has 0 atom stereocenters. The van der Waals surface area contributed by atoms with Crippen LogP contribution in [0.2, 0.25) is 0 Å². The maximum atomic E-state index is 12.1. The van der Waals surface area contributed by atoms with E-state index in [2.05, 4.69) is 15.4 Å². The molecule has 0 saturated heterocycles. The molecule has 2 heterocycles. The third kappa shape index (κ3) is 4.04. The molecule has 122 valence electrons. The summed E-state index contributed by atoms with van der Waals surface area (Å²) in [5.41, 5.74) is 2.57. The Morgan fingerprint density at radius 3 is 2.62 bits per heavy atom. The monoisotopic (exact) mass is 322 g/mol. The standard InChI is InChI=1S/C18H18N4O2/c23-17(20-12-15-8-4-5-11-19-15)13-22-18(24)10-9-16(21-22)14-6-2-1-3-7-14/h1-8,11H,9-10,12-13H2,(H,20,23). The molecule has 3 rings (SSSR count). The molecule has 24 heavy (non-hydrogen) atoms. The second-order valence-electron chi connectivity index (χ2n) is 5.46. The van der Waals surface area contributed by atoms with Gasteiger partial charge >= 0.3 is 0 Å². The van der Waals surface area contributed by atoms with Crippen molar-refractivity contribution >= 4 is 17.5 Å². The van der Waals surface area contributed by atoms with Crippen LogP contribution in [0, 0.1) is 0 Å². The van der Waals surface area contributed by atoms with E-state index in [0.29, 0.717) is 19.4 Å². The fraction of sp³-hybridized carbons (Fsp3) is 0.222. The van der Waals surface area contributed by atoms with E-state index >= 15 is 0 Å². The van der Waals surface area contributed by atoms with Gasteiger partial charge in [-0.25, -0.2) is 5.01 Å². The molecule has 0 bridgehead atoms. The van der Waals surface area contributed by atoms with Gasteiger partial charge in [0.05, 0.1) is 18.0 Å². The highest BCUT2D eigenvalue weighted by Gasteiger charge is 2.23. The Bertz CT molecular complexity index is 744. The molecule has 1 aliphatic heterocycles. The lowest BCUT2D eigenvalue weighted by Crippen LogP contribution is -2.40. The molecule has 6 nitrogen and oxygen atoms in total. The van der Waals surface area contributed by atoms with Crippen LogP contribution in [0.4, 0.5) is 0 Å². The molecule has 0 aliphatic carbocycles. The topological polar surface area (TPSA) is 74.7 Å². The first-order valence-electron chi connectivity index (χ1n) is 7.82. The molecule has 2 amide bonds. The maximum absolute atomic E-state index is 12.1. The molecule has 2 aromatic rings. The van der Waals surface area contributed by atoms with Crippen LogP contribution in [0.15, 0.2) is 59.8 Å². The van der Waals surface area contributed by atoms with Crippen molar-refractivity contribution in [2.45, 2.75) is 19.4 Å². The summed E-state index contributed by atoms with van der Waals surface area (Å²) in [7, 11) is 0. The lowest BCUT2D eigenvalue weighted by molar-refractivity contribution is -0.136. The van der Waals surface area contributed by atoms with Gasteiger partial charge in [0.2, 0.25) is 11.8 Å².